The number of hydrogen-bond acceptors (Lipinski definition) is 5. The molecule has 1 aliphatic heterocycles. The van der Waals surface area contributed by atoms with Crippen LogP contribution in [-0.2, 0) is 13.1 Å². The highest BCUT2D eigenvalue weighted by molar-refractivity contribution is 7.13. The minimum Gasteiger partial charge on any atom is -0.348 e. The molecule has 7 heteroatoms. The summed E-state index contributed by atoms with van der Waals surface area (Å²) in [5, 5.41) is 10.6. The number of anilines is 1. The predicted molar refractivity (Wildman–Crippen MR) is 96.7 cm³/mol. The zero-order valence-electron chi connectivity index (χ0n) is 14.6. The molecule has 24 heavy (non-hydrogen) atoms. The Morgan fingerprint density at radius 1 is 1.38 bits per heavy atom. The molecule has 1 saturated heterocycles. The second kappa shape index (κ2) is 7.34. The molecule has 0 aromatic carbocycles. The first-order valence-corrected chi connectivity index (χ1v) is 9.51. The number of nitrogens with zero attached hydrogens (tertiary/aromatic N) is 4. The number of nitrogens with one attached hydrogen (secondary N) is 1. The van der Waals surface area contributed by atoms with Gasteiger partial charge in [-0.25, -0.2) is 4.98 Å². The summed E-state index contributed by atoms with van der Waals surface area (Å²) in [7, 11) is 0. The molecule has 0 bridgehead atoms. The highest BCUT2D eigenvalue weighted by Gasteiger charge is 2.18. The highest BCUT2D eigenvalue weighted by atomic mass is 32.1. The van der Waals surface area contributed by atoms with Gasteiger partial charge in [-0.1, -0.05) is 13.8 Å². The molecule has 0 atom stereocenters. The van der Waals surface area contributed by atoms with Crippen molar-refractivity contribution < 1.29 is 4.79 Å². The number of hydrogen-bond donors (Lipinski definition) is 1. The Morgan fingerprint density at radius 2 is 2.12 bits per heavy atom. The Morgan fingerprint density at radius 3 is 2.79 bits per heavy atom. The Bertz CT molecular complexity index is 700. The van der Waals surface area contributed by atoms with Crippen LogP contribution in [0.1, 0.15) is 61.4 Å². The molecule has 0 radical (unpaired) electrons. The predicted octanol–water partition coefficient (Wildman–Crippen LogP) is 3.01. The third-order valence-electron chi connectivity index (χ3n) is 4.27. The molecule has 1 aliphatic rings. The Balaban J connectivity index is 1.63. The highest BCUT2D eigenvalue weighted by Crippen LogP contribution is 2.24. The van der Waals surface area contributed by atoms with Crippen molar-refractivity contribution in [1.82, 2.24) is 20.1 Å². The van der Waals surface area contributed by atoms with Crippen molar-refractivity contribution in [3.05, 3.63) is 28.5 Å². The van der Waals surface area contributed by atoms with E-state index in [0.717, 1.165) is 29.6 Å². The van der Waals surface area contributed by atoms with E-state index in [1.165, 1.54) is 12.8 Å². The van der Waals surface area contributed by atoms with Crippen molar-refractivity contribution in [1.29, 1.82) is 0 Å². The van der Waals surface area contributed by atoms with Crippen LogP contribution in [0.5, 0.6) is 0 Å². The van der Waals surface area contributed by atoms with Gasteiger partial charge in [0.25, 0.3) is 5.91 Å². The molecular weight excluding hydrogens is 322 g/mol. The average Bonchev–Trinajstić information content (AvgIpc) is 3.31. The molecule has 0 aliphatic carbocycles. The van der Waals surface area contributed by atoms with Gasteiger partial charge in [-0.3, -0.25) is 9.48 Å². The second-order valence-electron chi connectivity index (χ2n) is 6.42. The van der Waals surface area contributed by atoms with E-state index in [1.807, 2.05) is 18.4 Å². The number of rotatable bonds is 6. The molecule has 0 unspecified atom stereocenters. The first-order valence-electron chi connectivity index (χ1n) is 8.63. The molecule has 3 rings (SSSR count). The molecular formula is C17H25N5OS. The quantitative estimate of drug-likeness (QED) is 0.872. The van der Waals surface area contributed by atoms with Crippen molar-refractivity contribution in [3.8, 4) is 0 Å². The van der Waals surface area contributed by atoms with Crippen LogP contribution < -0.4 is 10.2 Å². The maximum Gasteiger partial charge on any atom is 0.269 e. The van der Waals surface area contributed by atoms with E-state index in [4.69, 9.17) is 0 Å². The normalized spacial score (nSPS) is 14.6. The van der Waals surface area contributed by atoms with Gasteiger partial charge in [0.05, 0.1) is 17.9 Å². The summed E-state index contributed by atoms with van der Waals surface area (Å²) in [6, 6.07) is 1.89. The van der Waals surface area contributed by atoms with Gasteiger partial charge in [0.1, 0.15) is 5.69 Å². The summed E-state index contributed by atoms with van der Waals surface area (Å²) < 4.78 is 1.77. The van der Waals surface area contributed by atoms with E-state index >= 15 is 0 Å². The molecule has 0 spiro atoms. The van der Waals surface area contributed by atoms with Gasteiger partial charge < -0.3 is 10.2 Å². The first kappa shape index (κ1) is 17.0. The van der Waals surface area contributed by atoms with Gasteiger partial charge >= 0.3 is 0 Å². The number of carbonyl (C=O) groups excluding carboxylic acids is 1. The lowest BCUT2D eigenvalue weighted by Crippen LogP contribution is -2.26. The minimum atomic E-state index is -0.0908. The van der Waals surface area contributed by atoms with Crippen molar-refractivity contribution in [2.24, 2.45) is 0 Å². The Hall–Kier alpha value is -1.89. The van der Waals surface area contributed by atoms with Crippen molar-refractivity contribution in [3.63, 3.8) is 0 Å². The molecule has 2 aromatic heterocycles. The lowest BCUT2D eigenvalue weighted by Gasteiger charge is -2.12. The number of thiazole rings is 1. The lowest BCUT2D eigenvalue weighted by molar-refractivity contribution is 0.0940. The maximum absolute atomic E-state index is 12.5. The van der Waals surface area contributed by atoms with Crippen molar-refractivity contribution >= 4 is 22.4 Å². The monoisotopic (exact) mass is 347 g/mol. The fraction of sp³-hybridized carbons (Fsp3) is 0.588. The fourth-order valence-corrected chi connectivity index (χ4v) is 3.71. The third kappa shape index (κ3) is 3.61. The number of aromatic nitrogens is 3. The summed E-state index contributed by atoms with van der Waals surface area (Å²) in [4.78, 5) is 19.4. The van der Waals surface area contributed by atoms with Crippen LogP contribution in [0.15, 0.2) is 11.4 Å². The number of carbonyl (C=O) groups is 1. The van der Waals surface area contributed by atoms with E-state index in [-0.39, 0.29) is 5.91 Å². The molecule has 6 nitrogen and oxygen atoms in total. The molecule has 1 N–H and O–H groups in total. The molecule has 130 valence electrons. The van der Waals surface area contributed by atoms with Gasteiger partial charge in [0.15, 0.2) is 5.13 Å². The second-order valence-corrected chi connectivity index (χ2v) is 7.26. The van der Waals surface area contributed by atoms with E-state index < -0.39 is 0 Å². The molecule has 3 heterocycles. The van der Waals surface area contributed by atoms with E-state index in [1.54, 1.807) is 16.0 Å². The summed E-state index contributed by atoms with van der Waals surface area (Å²) in [6.45, 7) is 9.48. The molecule has 0 saturated carbocycles. The smallest absolute Gasteiger partial charge is 0.269 e. The lowest BCUT2D eigenvalue weighted by atomic mass is 10.1. The number of aryl methyl sites for hydroxylation is 1. The van der Waals surface area contributed by atoms with E-state index in [0.29, 0.717) is 24.7 Å². The topological polar surface area (TPSA) is 63.1 Å². The van der Waals surface area contributed by atoms with Crippen LogP contribution in [0.2, 0.25) is 0 Å². The zero-order valence-corrected chi connectivity index (χ0v) is 15.4. The first-order chi connectivity index (χ1) is 11.6. The van der Waals surface area contributed by atoms with Crippen LogP contribution in [0, 0.1) is 0 Å². The Kier molecular flexibility index (Phi) is 5.18. The molecule has 1 fully saturated rings. The van der Waals surface area contributed by atoms with Crippen LogP contribution in [0.3, 0.4) is 0 Å². The zero-order chi connectivity index (χ0) is 17.1. The average molecular weight is 347 g/mol. The summed E-state index contributed by atoms with van der Waals surface area (Å²) >= 11 is 1.66. The fourth-order valence-electron chi connectivity index (χ4n) is 2.84. The van der Waals surface area contributed by atoms with Crippen molar-refractivity contribution in [2.45, 2.75) is 52.6 Å². The van der Waals surface area contributed by atoms with Crippen LogP contribution in [-0.4, -0.2) is 33.8 Å². The molecule has 2 aromatic rings. The largest absolute Gasteiger partial charge is 0.348 e. The van der Waals surface area contributed by atoms with Crippen LogP contribution in [0.4, 0.5) is 5.13 Å². The third-order valence-corrected chi connectivity index (χ3v) is 5.22. The van der Waals surface area contributed by atoms with Gasteiger partial charge in [0.2, 0.25) is 0 Å². The minimum absolute atomic E-state index is 0.0908. The summed E-state index contributed by atoms with van der Waals surface area (Å²) in [6.07, 6.45) is 2.48. The van der Waals surface area contributed by atoms with Crippen LogP contribution >= 0.6 is 11.3 Å². The SMILES string of the molecule is CCn1nc(C(C)C)cc1C(=O)NCc1csc(N2CCCC2)n1. The van der Waals surface area contributed by atoms with Gasteiger partial charge in [-0.05, 0) is 31.7 Å². The van der Waals surface area contributed by atoms with E-state index in [2.05, 4.69) is 34.1 Å². The Labute approximate surface area is 146 Å². The van der Waals surface area contributed by atoms with Crippen molar-refractivity contribution in [2.75, 3.05) is 18.0 Å². The molecule has 1 amide bonds. The summed E-state index contributed by atoms with van der Waals surface area (Å²) in [5.74, 6) is 0.220. The standard InChI is InChI=1S/C17H25N5OS/c1-4-22-15(9-14(20-22)12(2)3)16(23)18-10-13-11-24-17(19-13)21-7-5-6-8-21/h9,11-12H,4-8,10H2,1-3H3,(H,18,23). The summed E-state index contributed by atoms with van der Waals surface area (Å²) in [5.41, 5.74) is 2.49. The maximum atomic E-state index is 12.5. The number of amides is 1. The van der Waals surface area contributed by atoms with Gasteiger partial charge in [-0.15, -0.1) is 11.3 Å². The van der Waals surface area contributed by atoms with E-state index in [9.17, 15) is 4.79 Å². The van der Waals surface area contributed by atoms with Gasteiger partial charge in [-0.2, -0.15) is 5.10 Å². The van der Waals surface area contributed by atoms with Crippen LogP contribution in [0.25, 0.3) is 0 Å². The van der Waals surface area contributed by atoms with Gasteiger partial charge in [0, 0.05) is 25.0 Å².